The van der Waals surface area contributed by atoms with Crippen LogP contribution in [-0.4, -0.2) is 38.2 Å². The summed E-state index contributed by atoms with van der Waals surface area (Å²) in [5, 5.41) is 0. The molecule has 0 unspecified atom stereocenters. The molecule has 2 aromatic rings. The van der Waals surface area contributed by atoms with Gasteiger partial charge in [-0.05, 0) is 70.4 Å². The Morgan fingerprint density at radius 1 is 1.03 bits per heavy atom. The molecule has 0 aromatic heterocycles. The number of halogens is 1. The first-order valence-corrected chi connectivity index (χ1v) is 11.2. The van der Waals surface area contributed by atoms with Crippen LogP contribution >= 0.6 is 15.9 Å². The molecule has 1 aliphatic rings. The van der Waals surface area contributed by atoms with Crippen molar-refractivity contribution in [2.45, 2.75) is 59.2 Å². The predicted octanol–water partition coefficient (Wildman–Crippen LogP) is 4.41. The van der Waals surface area contributed by atoms with Crippen molar-refractivity contribution in [2.75, 3.05) is 13.7 Å². The second-order valence-electron chi connectivity index (χ2n) is 8.68. The summed E-state index contributed by atoms with van der Waals surface area (Å²) in [6.07, 6.45) is 1.01. The van der Waals surface area contributed by atoms with Crippen LogP contribution in [0.3, 0.4) is 0 Å². The van der Waals surface area contributed by atoms with E-state index < -0.39 is 7.12 Å². The van der Waals surface area contributed by atoms with Crippen molar-refractivity contribution in [2.24, 2.45) is 0 Å². The molecule has 1 aliphatic heterocycles. The summed E-state index contributed by atoms with van der Waals surface area (Å²) in [5.41, 5.74) is 3.53. The fourth-order valence-electron chi connectivity index (χ4n) is 3.40. The minimum Gasteiger partial charge on any atom is -0.497 e. The van der Waals surface area contributed by atoms with Crippen molar-refractivity contribution >= 4 is 34.7 Å². The van der Waals surface area contributed by atoms with E-state index >= 15 is 0 Å². The van der Waals surface area contributed by atoms with Gasteiger partial charge in [0.1, 0.15) is 11.5 Å². The molecule has 0 atom stereocenters. The standard InChI is InChI=1S/C23H30BBrO4.CO2/c1-15-9-8-10-19(24-28-22(3,4)23(5,6)29-24)21(15)27-12-11-17-14-18(26-7)13-16(2)20(17)25;2-1-3/h8-10,13-14H,11-12H2,1-7H3;. The van der Waals surface area contributed by atoms with E-state index in [-0.39, 0.29) is 17.4 Å². The Bertz CT molecular complexity index is 967. The van der Waals surface area contributed by atoms with Crippen LogP contribution in [0, 0.1) is 13.8 Å². The highest BCUT2D eigenvalue weighted by atomic mass is 79.9. The van der Waals surface area contributed by atoms with Gasteiger partial charge in [-0.3, -0.25) is 0 Å². The molecule has 3 rings (SSSR count). The van der Waals surface area contributed by atoms with Crippen molar-refractivity contribution in [3.05, 3.63) is 51.5 Å². The average Bonchev–Trinajstić information content (AvgIpc) is 2.93. The number of ether oxygens (including phenoxy) is 2. The van der Waals surface area contributed by atoms with Gasteiger partial charge in [-0.1, -0.05) is 34.1 Å². The number of aryl methyl sites for hydroxylation is 2. The summed E-state index contributed by atoms with van der Waals surface area (Å²) in [4.78, 5) is 16.2. The van der Waals surface area contributed by atoms with E-state index in [1.165, 1.54) is 0 Å². The van der Waals surface area contributed by atoms with Gasteiger partial charge in [0.05, 0.1) is 24.9 Å². The van der Waals surface area contributed by atoms with Crippen LogP contribution in [0.1, 0.15) is 44.4 Å². The van der Waals surface area contributed by atoms with Gasteiger partial charge in [-0.25, -0.2) is 0 Å². The summed E-state index contributed by atoms with van der Waals surface area (Å²) < 4.78 is 25.3. The zero-order valence-electron chi connectivity index (χ0n) is 19.7. The SMILES string of the molecule is COc1cc(C)c(Br)c(CCOc2c(C)cccc2B2OC(C)(C)C(C)(C)O2)c1.O=C=O. The first-order chi connectivity index (χ1) is 15.0. The molecule has 2 aromatic carbocycles. The molecule has 6 nitrogen and oxygen atoms in total. The Morgan fingerprint density at radius 2 is 1.62 bits per heavy atom. The van der Waals surface area contributed by atoms with E-state index in [1.54, 1.807) is 7.11 Å². The normalized spacial score (nSPS) is 16.1. The van der Waals surface area contributed by atoms with Crippen LogP contribution in [0.4, 0.5) is 0 Å². The van der Waals surface area contributed by atoms with Gasteiger partial charge < -0.3 is 18.8 Å². The van der Waals surface area contributed by atoms with E-state index in [0.29, 0.717) is 6.61 Å². The molecule has 172 valence electrons. The summed E-state index contributed by atoms with van der Waals surface area (Å²) >= 11 is 3.69. The highest BCUT2D eigenvalue weighted by molar-refractivity contribution is 9.10. The molecule has 0 radical (unpaired) electrons. The molecule has 0 bridgehead atoms. The third-order valence-corrected chi connectivity index (χ3v) is 7.04. The predicted molar refractivity (Wildman–Crippen MR) is 127 cm³/mol. The fraction of sp³-hybridized carbons (Fsp3) is 0.458. The van der Waals surface area contributed by atoms with Gasteiger partial charge in [0.2, 0.25) is 0 Å². The molecular formula is C24H30BBrO6. The lowest BCUT2D eigenvalue weighted by Gasteiger charge is -2.32. The van der Waals surface area contributed by atoms with Gasteiger partial charge >= 0.3 is 13.3 Å². The first-order valence-electron chi connectivity index (χ1n) is 10.4. The smallest absolute Gasteiger partial charge is 0.497 e. The molecule has 1 heterocycles. The molecule has 0 spiro atoms. The first kappa shape index (κ1) is 26.1. The van der Waals surface area contributed by atoms with Crippen molar-refractivity contribution in [3.8, 4) is 11.5 Å². The lowest BCUT2D eigenvalue weighted by atomic mass is 9.77. The third kappa shape index (κ3) is 5.81. The van der Waals surface area contributed by atoms with E-state index in [1.807, 2.05) is 24.3 Å². The Balaban J connectivity index is 0.00000114. The maximum Gasteiger partial charge on any atom is 0.498 e. The second-order valence-corrected chi connectivity index (χ2v) is 9.47. The maximum absolute atomic E-state index is 8.12. The molecule has 32 heavy (non-hydrogen) atoms. The quantitative estimate of drug-likeness (QED) is 0.542. The van der Waals surface area contributed by atoms with Crippen LogP contribution in [0.5, 0.6) is 11.5 Å². The van der Waals surface area contributed by atoms with Crippen LogP contribution in [-0.2, 0) is 25.3 Å². The number of rotatable bonds is 6. The van der Waals surface area contributed by atoms with Crippen LogP contribution < -0.4 is 14.9 Å². The second kappa shape index (κ2) is 10.7. The van der Waals surface area contributed by atoms with Gasteiger partial charge in [0.15, 0.2) is 0 Å². The zero-order chi connectivity index (χ0) is 24.1. The number of benzene rings is 2. The Kier molecular flexibility index (Phi) is 8.71. The average molecular weight is 505 g/mol. The van der Waals surface area contributed by atoms with E-state index in [9.17, 15) is 0 Å². The monoisotopic (exact) mass is 504 g/mol. The molecule has 1 saturated heterocycles. The summed E-state index contributed by atoms with van der Waals surface area (Å²) in [5.74, 6) is 1.69. The molecule has 1 fully saturated rings. The largest absolute Gasteiger partial charge is 0.498 e. The molecule has 0 N–H and O–H groups in total. The maximum atomic E-state index is 8.12. The van der Waals surface area contributed by atoms with Crippen LogP contribution in [0.15, 0.2) is 34.8 Å². The van der Waals surface area contributed by atoms with Gasteiger partial charge in [-0.2, -0.15) is 9.59 Å². The molecule has 0 amide bonds. The third-order valence-electron chi connectivity index (χ3n) is 5.91. The van der Waals surface area contributed by atoms with E-state index in [0.717, 1.165) is 44.5 Å². The topological polar surface area (TPSA) is 71.1 Å². The fourth-order valence-corrected chi connectivity index (χ4v) is 3.82. The summed E-state index contributed by atoms with van der Waals surface area (Å²) in [6, 6.07) is 10.2. The zero-order valence-corrected chi connectivity index (χ0v) is 21.3. The number of hydrogen-bond acceptors (Lipinski definition) is 6. The number of hydrogen-bond donors (Lipinski definition) is 0. The Morgan fingerprint density at radius 3 is 2.19 bits per heavy atom. The van der Waals surface area contributed by atoms with Crippen molar-refractivity contribution in [1.82, 2.24) is 0 Å². The lowest BCUT2D eigenvalue weighted by molar-refractivity contribution is -0.191. The summed E-state index contributed by atoms with van der Waals surface area (Å²) in [6.45, 7) is 12.9. The molecular weight excluding hydrogens is 475 g/mol. The minimum absolute atomic E-state index is 0.250. The highest BCUT2D eigenvalue weighted by Gasteiger charge is 2.52. The molecule has 0 saturated carbocycles. The number of methoxy groups -OCH3 is 1. The van der Waals surface area contributed by atoms with Gasteiger partial charge in [-0.15, -0.1) is 0 Å². The van der Waals surface area contributed by atoms with Gasteiger partial charge in [0, 0.05) is 16.4 Å². The minimum atomic E-state index is -0.444. The van der Waals surface area contributed by atoms with Crippen molar-refractivity contribution < 1.29 is 28.4 Å². The summed E-state index contributed by atoms with van der Waals surface area (Å²) in [7, 11) is 1.24. The van der Waals surface area contributed by atoms with Crippen molar-refractivity contribution in [1.29, 1.82) is 0 Å². The van der Waals surface area contributed by atoms with Gasteiger partial charge in [0.25, 0.3) is 0 Å². The molecule has 0 aliphatic carbocycles. The van der Waals surface area contributed by atoms with Crippen molar-refractivity contribution in [3.63, 3.8) is 0 Å². The number of carbonyl (C=O) groups excluding carboxylic acids is 2. The van der Waals surface area contributed by atoms with E-state index in [2.05, 4.69) is 63.5 Å². The van der Waals surface area contributed by atoms with E-state index in [4.69, 9.17) is 28.4 Å². The van der Waals surface area contributed by atoms with Crippen LogP contribution in [0.25, 0.3) is 0 Å². The Hall–Kier alpha value is -2.12. The highest BCUT2D eigenvalue weighted by Crippen LogP contribution is 2.37. The molecule has 8 heteroatoms. The Labute approximate surface area is 198 Å². The lowest BCUT2D eigenvalue weighted by Crippen LogP contribution is -2.41. The van der Waals surface area contributed by atoms with Crippen LogP contribution in [0.2, 0.25) is 0 Å². The number of para-hydroxylation sites is 1.